The number of Topliss-reactive ketones (excluding diaryl/α,β-unsaturated/α-hetero) is 1. The van der Waals surface area contributed by atoms with Crippen LogP contribution in [0.15, 0.2) is 18.6 Å². The Kier molecular flexibility index (Phi) is 8.76. The van der Waals surface area contributed by atoms with Gasteiger partial charge in [0.05, 0.1) is 11.8 Å². The van der Waals surface area contributed by atoms with E-state index in [-0.39, 0.29) is 12.8 Å². The number of ether oxygens (including phenoxy) is 2. The van der Waals surface area contributed by atoms with Crippen LogP contribution in [0.1, 0.15) is 38.5 Å². The third-order valence-corrected chi connectivity index (χ3v) is 3.18. The monoisotopic (exact) mass is 363 g/mol. The smallest absolute Gasteiger partial charge is 0.328 e. The maximum atomic E-state index is 12.5. The maximum absolute atomic E-state index is 12.5. The Bertz CT molecular complexity index is 673. The Labute approximate surface area is 150 Å². The molecule has 10 heteroatoms. The number of methoxy groups -OCH3 is 1. The molecule has 1 N–H and O–H groups in total. The molecule has 140 valence electrons. The summed E-state index contributed by atoms with van der Waals surface area (Å²) >= 11 is 0. The standard InChI is InChI=1S/C16H21N5O5/c1-10(2)26-16(24)13(5-4-11(22)8-20-17)21-15(23)14(25-3)12-6-7-18-9-19-12/h6-10,13-14H,4-5H2,1-3H3,(H,21,23)/t13-,14+/m0/s1. The van der Waals surface area contributed by atoms with Crippen molar-refractivity contribution in [3.8, 4) is 0 Å². The highest BCUT2D eigenvalue weighted by Gasteiger charge is 2.29. The molecule has 10 nitrogen and oxygen atoms in total. The van der Waals surface area contributed by atoms with Gasteiger partial charge in [-0.25, -0.2) is 14.8 Å². The van der Waals surface area contributed by atoms with Gasteiger partial charge in [0.25, 0.3) is 5.91 Å². The predicted molar refractivity (Wildman–Crippen MR) is 88.9 cm³/mol. The number of hydrogen-bond donors (Lipinski definition) is 1. The lowest BCUT2D eigenvalue weighted by atomic mass is 10.1. The lowest BCUT2D eigenvalue weighted by Crippen LogP contribution is -2.45. The second-order valence-corrected chi connectivity index (χ2v) is 5.55. The molecule has 0 saturated heterocycles. The normalized spacial score (nSPS) is 12.6. The van der Waals surface area contributed by atoms with Crippen molar-refractivity contribution >= 4 is 23.9 Å². The van der Waals surface area contributed by atoms with Crippen molar-refractivity contribution < 1.29 is 28.6 Å². The van der Waals surface area contributed by atoms with Gasteiger partial charge in [-0.2, -0.15) is 4.79 Å². The molecule has 0 aliphatic carbocycles. The third-order valence-electron chi connectivity index (χ3n) is 3.18. The number of amides is 1. The molecule has 0 saturated carbocycles. The second-order valence-electron chi connectivity index (χ2n) is 5.55. The van der Waals surface area contributed by atoms with Crippen LogP contribution < -0.4 is 5.32 Å². The van der Waals surface area contributed by atoms with Gasteiger partial charge in [0.2, 0.25) is 5.78 Å². The molecule has 0 fully saturated rings. The minimum atomic E-state index is -1.07. The van der Waals surface area contributed by atoms with Gasteiger partial charge in [-0.15, -0.1) is 0 Å². The number of carbonyl (C=O) groups excluding carboxylic acids is 3. The number of nitrogens with one attached hydrogen (secondary N) is 1. The van der Waals surface area contributed by atoms with E-state index >= 15 is 0 Å². The molecule has 0 bridgehead atoms. The molecule has 0 radical (unpaired) electrons. The van der Waals surface area contributed by atoms with E-state index in [4.69, 9.17) is 15.0 Å². The predicted octanol–water partition coefficient (Wildman–Crippen LogP) is 0.250. The summed E-state index contributed by atoms with van der Waals surface area (Å²) in [5, 5.41) is 2.51. The van der Waals surface area contributed by atoms with Crippen molar-refractivity contribution in [1.82, 2.24) is 15.3 Å². The Morgan fingerprint density at radius 3 is 2.65 bits per heavy atom. The van der Waals surface area contributed by atoms with Gasteiger partial charge in [0.15, 0.2) is 6.10 Å². The fraction of sp³-hybridized carbons (Fsp3) is 0.500. The maximum Gasteiger partial charge on any atom is 0.328 e. The van der Waals surface area contributed by atoms with Gasteiger partial charge < -0.3 is 20.3 Å². The zero-order valence-electron chi connectivity index (χ0n) is 14.8. The van der Waals surface area contributed by atoms with Gasteiger partial charge in [-0.3, -0.25) is 9.59 Å². The number of rotatable bonds is 10. The summed E-state index contributed by atoms with van der Waals surface area (Å²) in [5.41, 5.74) is 8.68. The molecule has 26 heavy (non-hydrogen) atoms. The van der Waals surface area contributed by atoms with Crippen molar-refractivity contribution in [1.29, 1.82) is 0 Å². The van der Waals surface area contributed by atoms with Gasteiger partial charge in [-0.1, -0.05) is 0 Å². The highest BCUT2D eigenvalue weighted by molar-refractivity contribution is 6.25. The van der Waals surface area contributed by atoms with Crippen LogP contribution in [-0.2, 0) is 23.9 Å². The zero-order chi connectivity index (χ0) is 19.5. The number of nitrogens with zero attached hydrogens (tertiary/aromatic N) is 4. The van der Waals surface area contributed by atoms with Crippen LogP contribution in [0.2, 0.25) is 0 Å². The number of hydrogen-bond acceptors (Lipinski definition) is 7. The molecule has 1 aromatic heterocycles. The number of ketones is 1. The van der Waals surface area contributed by atoms with Crippen LogP contribution in [0.4, 0.5) is 0 Å². The quantitative estimate of drug-likeness (QED) is 0.271. The van der Waals surface area contributed by atoms with E-state index in [2.05, 4.69) is 20.1 Å². The second kappa shape index (κ2) is 10.8. The average molecular weight is 363 g/mol. The molecule has 1 rings (SSSR count). The molecule has 0 aliphatic heterocycles. The van der Waals surface area contributed by atoms with Crippen LogP contribution in [0.3, 0.4) is 0 Å². The SMILES string of the molecule is CO[C@@H](C(=O)N[C@@H](CCC(=O)C=[N+]=[N-])C(=O)OC(C)C)c1ccncn1. The van der Waals surface area contributed by atoms with E-state index in [1.165, 1.54) is 25.7 Å². The summed E-state index contributed by atoms with van der Waals surface area (Å²) in [7, 11) is 1.33. The summed E-state index contributed by atoms with van der Waals surface area (Å²) in [6, 6.07) is 0.441. The highest BCUT2D eigenvalue weighted by Crippen LogP contribution is 2.14. The first-order chi connectivity index (χ1) is 12.4. The van der Waals surface area contributed by atoms with Crippen LogP contribution in [0.25, 0.3) is 5.53 Å². The minimum Gasteiger partial charge on any atom is -0.461 e. The molecule has 0 spiro atoms. The molecule has 2 atom stereocenters. The molecule has 0 aromatic carbocycles. The Morgan fingerprint density at radius 2 is 2.12 bits per heavy atom. The van der Waals surface area contributed by atoms with Crippen molar-refractivity contribution in [3.05, 3.63) is 29.8 Å². The first kappa shape index (κ1) is 21.1. The van der Waals surface area contributed by atoms with Crippen LogP contribution in [-0.4, -0.2) is 57.9 Å². The molecule has 0 aliphatic rings. The van der Waals surface area contributed by atoms with E-state index < -0.39 is 35.9 Å². The van der Waals surface area contributed by atoms with Crippen molar-refractivity contribution in [3.63, 3.8) is 0 Å². The fourth-order valence-corrected chi connectivity index (χ4v) is 2.04. The lowest BCUT2D eigenvalue weighted by molar-refractivity contribution is -0.153. The molecular formula is C16H21N5O5. The lowest BCUT2D eigenvalue weighted by Gasteiger charge is -2.21. The van der Waals surface area contributed by atoms with Gasteiger partial charge in [0, 0.05) is 19.7 Å². The van der Waals surface area contributed by atoms with Crippen LogP contribution in [0, 0.1) is 0 Å². The van der Waals surface area contributed by atoms with E-state index in [9.17, 15) is 14.4 Å². The van der Waals surface area contributed by atoms with Crippen molar-refractivity contribution in [2.24, 2.45) is 0 Å². The van der Waals surface area contributed by atoms with Gasteiger partial charge >= 0.3 is 12.2 Å². The Hall–Kier alpha value is -2.97. The number of aromatic nitrogens is 2. The highest BCUT2D eigenvalue weighted by atomic mass is 16.5. The van der Waals surface area contributed by atoms with Crippen LogP contribution >= 0.6 is 0 Å². The summed E-state index contributed by atoms with van der Waals surface area (Å²) < 4.78 is 10.3. The minimum absolute atomic E-state index is 0.0254. The Balaban J connectivity index is 2.87. The zero-order valence-corrected chi connectivity index (χ0v) is 14.8. The number of carbonyl (C=O) groups is 3. The summed E-state index contributed by atoms with van der Waals surface area (Å²) in [5.74, 6) is -1.79. The Morgan fingerprint density at radius 1 is 1.38 bits per heavy atom. The summed E-state index contributed by atoms with van der Waals surface area (Å²) in [6.45, 7) is 3.33. The molecule has 0 unspecified atom stereocenters. The van der Waals surface area contributed by atoms with E-state index in [1.807, 2.05) is 0 Å². The first-order valence-electron chi connectivity index (χ1n) is 7.88. The van der Waals surface area contributed by atoms with E-state index in [0.717, 1.165) is 6.21 Å². The van der Waals surface area contributed by atoms with E-state index in [0.29, 0.717) is 5.69 Å². The molecule has 1 amide bonds. The van der Waals surface area contributed by atoms with Gasteiger partial charge in [0.1, 0.15) is 12.4 Å². The van der Waals surface area contributed by atoms with Crippen molar-refractivity contribution in [2.75, 3.05) is 7.11 Å². The first-order valence-corrected chi connectivity index (χ1v) is 7.88. The fourth-order valence-electron chi connectivity index (χ4n) is 2.04. The summed E-state index contributed by atoms with van der Waals surface area (Å²) in [6.07, 6.45) is 1.87. The summed E-state index contributed by atoms with van der Waals surface area (Å²) in [4.78, 5) is 46.5. The topological polar surface area (TPSA) is 144 Å². The largest absolute Gasteiger partial charge is 0.461 e. The number of esters is 1. The molecule has 1 aromatic rings. The molecule has 1 heterocycles. The third kappa shape index (κ3) is 6.88. The van der Waals surface area contributed by atoms with Gasteiger partial charge in [-0.05, 0) is 26.3 Å². The van der Waals surface area contributed by atoms with Crippen molar-refractivity contribution in [2.45, 2.75) is 44.9 Å². The van der Waals surface area contributed by atoms with Crippen LogP contribution in [0.5, 0.6) is 0 Å². The van der Waals surface area contributed by atoms with E-state index in [1.54, 1.807) is 13.8 Å². The molecular weight excluding hydrogens is 342 g/mol. The average Bonchev–Trinajstić information content (AvgIpc) is 2.59.